The van der Waals surface area contributed by atoms with Gasteiger partial charge in [0.1, 0.15) is 16.3 Å². The van der Waals surface area contributed by atoms with Crippen LogP contribution in [0, 0.1) is 0 Å². The van der Waals surface area contributed by atoms with E-state index in [4.69, 9.17) is 4.42 Å². The van der Waals surface area contributed by atoms with Crippen LogP contribution in [0.1, 0.15) is 36.4 Å². The number of thiazole rings is 1. The number of hydrogen-bond acceptors (Lipinski definition) is 7. The van der Waals surface area contributed by atoms with Crippen LogP contribution in [-0.4, -0.2) is 26.5 Å². The maximum absolute atomic E-state index is 13.0. The Labute approximate surface area is 200 Å². The third-order valence-electron chi connectivity index (χ3n) is 6.55. The Morgan fingerprint density at radius 3 is 2.88 bits per heavy atom. The van der Waals surface area contributed by atoms with E-state index in [1.165, 1.54) is 16.9 Å². The highest BCUT2D eigenvalue weighted by Crippen LogP contribution is 2.36. The van der Waals surface area contributed by atoms with E-state index in [1.807, 2.05) is 42.6 Å². The van der Waals surface area contributed by atoms with Crippen LogP contribution in [0.2, 0.25) is 0 Å². The first kappa shape index (κ1) is 21.0. The van der Waals surface area contributed by atoms with Crippen molar-refractivity contribution in [3.05, 3.63) is 88.5 Å². The molecule has 0 aliphatic carbocycles. The van der Waals surface area contributed by atoms with Crippen LogP contribution in [0.4, 0.5) is 0 Å². The number of nitrogens with zero attached hydrogens (tertiary/aromatic N) is 3. The predicted molar refractivity (Wildman–Crippen MR) is 134 cm³/mol. The zero-order chi connectivity index (χ0) is 23.1. The van der Waals surface area contributed by atoms with E-state index in [-0.39, 0.29) is 11.8 Å². The van der Waals surface area contributed by atoms with Gasteiger partial charge in [-0.2, -0.15) is 0 Å². The summed E-state index contributed by atoms with van der Waals surface area (Å²) in [5.74, 6) is 0.138. The second kappa shape index (κ2) is 8.66. The number of para-hydroxylation sites is 1. The molecular weight excluding hydrogens is 446 g/mol. The number of fused-ring (bicyclic) bond motifs is 2. The van der Waals surface area contributed by atoms with Gasteiger partial charge in [0.05, 0.1) is 21.3 Å². The van der Waals surface area contributed by atoms with Gasteiger partial charge in [-0.1, -0.05) is 24.6 Å². The Bertz CT molecular complexity index is 1510. The van der Waals surface area contributed by atoms with Gasteiger partial charge >= 0.3 is 5.63 Å². The molecule has 6 nitrogen and oxygen atoms in total. The van der Waals surface area contributed by atoms with Crippen LogP contribution in [0.15, 0.2) is 76.2 Å². The number of aromatic nitrogens is 2. The Balaban J connectivity index is 1.41. The van der Waals surface area contributed by atoms with Crippen molar-refractivity contribution in [1.29, 1.82) is 0 Å². The summed E-state index contributed by atoms with van der Waals surface area (Å²) >= 11 is 1.47. The fourth-order valence-corrected chi connectivity index (χ4v) is 5.82. The number of piperidine rings is 1. The Hall–Kier alpha value is -3.55. The Morgan fingerprint density at radius 1 is 1.12 bits per heavy atom. The number of pyridine rings is 1. The maximum atomic E-state index is 13.0. The number of likely N-dealkylation sites (tertiary alicyclic amines) is 1. The van der Waals surface area contributed by atoms with E-state index in [0.29, 0.717) is 28.3 Å². The number of aromatic hydroxyl groups is 1. The van der Waals surface area contributed by atoms with Crippen molar-refractivity contribution in [2.45, 2.75) is 31.8 Å². The summed E-state index contributed by atoms with van der Waals surface area (Å²) < 4.78 is 6.87. The van der Waals surface area contributed by atoms with Crippen LogP contribution >= 0.6 is 11.3 Å². The van der Waals surface area contributed by atoms with E-state index < -0.39 is 5.63 Å². The smallest absolute Gasteiger partial charge is 0.346 e. The van der Waals surface area contributed by atoms with E-state index >= 15 is 0 Å². The first-order valence-electron chi connectivity index (χ1n) is 11.5. The number of benzene rings is 2. The van der Waals surface area contributed by atoms with Crippen molar-refractivity contribution in [1.82, 2.24) is 14.9 Å². The highest BCUT2D eigenvalue weighted by molar-refractivity contribution is 7.21. The Kier molecular flexibility index (Phi) is 5.36. The molecule has 4 heterocycles. The molecule has 1 aliphatic heterocycles. The minimum Gasteiger partial charge on any atom is -0.507 e. The van der Waals surface area contributed by atoms with Crippen molar-refractivity contribution >= 4 is 32.5 Å². The SMILES string of the molecule is O=c1oc2c(CN3CCCC[C@H]3c3cccnc3)c(O)ccc2cc1-c1nc2ccccc2s1. The standard InChI is InChI=1S/C27H23N3O3S/c31-23-11-10-17-14-19(26-29-21-7-1-2-9-24(21)34-26)27(32)33-25(17)20(23)16-30-13-4-3-8-22(30)18-6-5-12-28-15-18/h1-2,5-7,9-12,14-15,22,31H,3-4,8,13,16H2/t22-/m0/s1. The molecule has 0 radical (unpaired) electrons. The first-order chi connectivity index (χ1) is 16.7. The lowest BCUT2D eigenvalue weighted by Crippen LogP contribution is -2.33. The van der Waals surface area contributed by atoms with Gasteiger partial charge in [0.2, 0.25) is 0 Å². The minimum absolute atomic E-state index is 0.138. The molecule has 6 rings (SSSR count). The van der Waals surface area contributed by atoms with Crippen LogP contribution in [0.25, 0.3) is 31.8 Å². The highest BCUT2D eigenvalue weighted by atomic mass is 32.1. The lowest BCUT2D eigenvalue weighted by atomic mass is 9.95. The molecule has 34 heavy (non-hydrogen) atoms. The molecule has 2 aromatic carbocycles. The molecule has 7 heteroatoms. The van der Waals surface area contributed by atoms with E-state index in [2.05, 4.69) is 20.9 Å². The second-order valence-electron chi connectivity index (χ2n) is 8.68. The molecule has 0 unspecified atom stereocenters. The summed E-state index contributed by atoms with van der Waals surface area (Å²) in [6.07, 6.45) is 6.97. The van der Waals surface area contributed by atoms with E-state index in [1.54, 1.807) is 18.3 Å². The normalized spacial score (nSPS) is 16.9. The fraction of sp³-hybridized carbons (Fsp3) is 0.222. The number of phenolic OH excluding ortho intramolecular Hbond substituents is 1. The number of phenols is 1. The molecule has 1 aliphatic rings. The van der Waals surface area contributed by atoms with Crippen molar-refractivity contribution in [3.63, 3.8) is 0 Å². The topological polar surface area (TPSA) is 79.5 Å². The van der Waals surface area contributed by atoms with Crippen LogP contribution in [-0.2, 0) is 6.54 Å². The van der Waals surface area contributed by atoms with Crippen LogP contribution < -0.4 is 5.63 Å². The summed E-state index contributed by atoms with van der Waals surface area (Å²) in [6.45, 7) is 1.40. The van der Waals surface area contributed by atoms with Crippen LogP contribution in [0.3, 0.4) is 0 Å². The monoisotopic (exact) mass is 469 g/mol. The molecule has 0 spiro atoms. The minimum atomic E-state index is -0.444. The van der Waals surface area contributed by atoms with Crippen molar-refractivity contribution < 1.29 is 9.52 Å². The van der Waals surface area contributed by atoms with Gasteiger partial charge in [-0.05, 0) is 61.3 Å². The summed E-state index contributed by atoms with van der Waals surface area (Å²) in [5, 5.41) is 12.2. The third-order valence-corrected chi connectivity index (χ3v) is 7.62. The average Bonchev–Trinajstić information content (AvgIpc) is 3.30. The van der Waals surface area contributed by atoms with Gasteiger partial charge in [-0.15, -0.1) is 11.3 Å². The molecule has 0 saturated carbocycles. The van der Waals surface area contributed by atoms with Crippen molar-refractivity contribution in [2.75, 3.05) is 6.54 Å². The van der Waals surface area contributed by atoms with Crippen LogP contribution in [0.5, 0.6) is 5.75 Å². The van der Waals surface area contributed by atoms with Gasteiger partial charge in [-0.3, -0.25) is 9.88 Å². The van der Waals surface area contributed by atoms with Crippen molar-refractivity contribution in [3.8, 4) is 16.3 Å². The molecule has 170 valence electrons. The van der Waals surface area contributed by atoms with E-state index in [0.717, 1.165) is 41.4 Å². The van der Waals surface area contributed by atoms with Gasteiger partial charge < -0.3 is 9.52 Å². The lowest BCUT2D eigenvalue weighted by Gasteiger charge is -2.36. The second-order valence-corrected chi connectivity index (χ2v) is 9.71. The fourth-order valence-electron chi connectivity index (χ4n) is 4.85. The summed E-state index contributed by atoms with van der Waals surface area (Å²) in [5.41, 5.74) is 3.10. The largest absolute Gasteiger partial charge is 0.507 e. The first-order valence-corrected chi connectivity index (χ1v) is 12.3. The summed E-state index contributed by atoms with van der Waals surface area (Å²) in [7, 11) is 0. The molecule has 0 bridgehead atoms. The molecule has 1 atom stereocenters. The van der Waals surface area contributed by atoms with Gasteiger partial charge in [0.15, 0.2) is 0 Å². The maximum Gasteiger partial charge on any atom is 0.346 e. The summed E-state index contributed by atoms with van der Waals surface area (Å²) in [6, 6.07) is 17.4. The number of hydrogen-bond donors (Lipinski definition) is 1. The average molecular weight is 470 g/mol. The quantitative estimate of drug-likeness (QED) is 0.330. The lowest BCUT2D eigenvalue weighted by molar-refractivity contribution is 0.139. The van der Waals surface area contributed by atoms with Crippen molar-refractivity contribution in [2.24, 2.45) is 0 Å². The van der Waals surface area contributed by atoms with Gasteiger partial charge in [0.25, 0.3) is 0 Å². The molecular formula is C27H23N3O3S. The molecule has 1 fully saturated rings. The predicted octanol–water partition coefficient (Wildman–Crippen LogP) is 5.90. The third kappa shape index (κ3) is 3.77. The summed E-state index contributed by atoms with van der Waals surface area (Å²) in [4.78, 5) is 24.3. The molecule has 1 saturated heterocycles. The van der Waals surface area contributed by atoms with E-state index in [9.17, 15) is 9.90 Å². The van der Waals surface area contributed by atoms with Gasteiger partial charge in [-0.25, -0.2) is 9.78 Å². The van der Waals surface area contributed by atoms with Gasteiger partial charge in [0, 0.05) is 30.4 Å². The zero-order valence-electron chi connectivity index (χ0n) is 18.5. The zero-order valence-corrected chi connectivity index (χ0v) is 19.3. The molecule has 1 N–H and O–H groups in total. The molecule has 5 aromatic rings. The highest BCUT2D eigenvalue weighted by Gasteiger charge is 2.26. The number of rotatable bonds is 4. The molecule has 3 aromatic heterocycles. The molecule has 0 amide bonds. The Morgan fingerprint density at radius 2 is 2.03 bits per heavy atom.